The molecular formula is C21H23FN2O2. The summed E-state index contributed by atoms with van der Waals surface area (Å²) in [5.74, 6) is -0.597. The van der Waals surface area contributed by atoms with Gasteiger partial charge in [0.05, 0.1) is 5.56 Å². The molecule has 0 saturated carbocycles. The summed E-state index contributed by atoms with van der Waals surface area (Å²) in [5.41, 5.74) is 2.35. The number of nitrogens with one attached hydrogen (secondary N) is 1. The zero-order valence-corrected chi connectivity index (χ0v) is 15.1. The number of nitrogens with zero attached hydrogens (tertiary/aromatic N) is 1. The molecule has 4 nitrogen and oxygen atoms in total. The molecule has 0 spiro atoms. The van der Waals surface area contributed by atoms with Crippen molar-refractivity contribution in [1.29, 1.82) is 0 Å². The highest BCUT2D eigenvalue weighted by molar-refractivity contribution is 6.07. The fourth-order valence-corrected chi connectivity index (χ4v) is 3.13. The molecule has 0 aliphatic carbocycles. The number of aryl methyl sites for hydroxylation is 1. The number of amides is 2. The standard InChI is InChI=1S/C21H23FN2O2/c1-14(2)13-23-20(25)16-9-10-19-15(12-16)6-5-11-24(19)21(26)17-7-3-4-8-18(17)22/h3-4,7-10,12,14H,5-6,11,13H2,1-2H3,(H,23,25). The van der Waals surface area contributed by atoms with Crippen LogP contribution < -0.4 is 10.2 Å². The Morgan fingerprint density at radius 3 is 2.69 bits per heavy atom. The number of carbonyl (C=O) groups excluding carboxylic acids is 2. The first-order chi connectivity index (χ1) is 12.5. The van der Waals surface area contributed by atoms with Gasteiger partial charge in [-0.1, -0.05) is 26.0 Å². The van der Waals surface area contributed by atoms with Crippen LogP contribution in [0.5, 0.6) is 0 Å². The summed E-state index contributed by atoms with van der Waals surface area (Å²) in [6.45, 7) is 5.24. The van der Waals surface area contributed by atoms with E-state index in [-0.39, 0.29) is 17.4 Å². The molecule has 1 aliphatic heterocycles. The third-order valence-corrected chi connectivity index (χ3v) is 4.48. The second-order valence-electron chi connectivity index (χ2n) is 6.99. The maximum atomic E-state index is 14.0. The Hall–Kier alpha value is -2.69. The number of carbonyl (C=O) groups is 2. The zero-order chi connectivity index (χ0) is 18.7. The first-order valence-electron chi connectivity index (χ1n) is 8.95. The minimum atomic E-state index is -0.519. The van der Waals surface area contributed by atoms with Gasteiger partial charge in [0.25, 0.3) is 11.8 Å². The van der Waals surface area contributed by atoms with Crippen molar-refractivity contribution in [3.8, 4) is 0 Å². The Kier molecular flexibility index (Phi) is 5.35. The molecule has 0 aromatic heterocycles. The molecule has 0 saturated heterocycles. The Bertz CT molecular complexity index is 833. The molecule has 26 heavy (non-hydrogen) atoms. The van der Waals surface area contributed by atoms with E-state index in [0.29, 0.717) is 24.6 Å². The summed E-state index contributed by atoms with van der Waals surface area (Å²) >= 11 is 0. The second-order valence-corrected chi connectivity index (χ2v) is 6.99. The highest BCUT2D eigenvalue weighted by atomic mass is 19.1. The van der Waals surface area contributed by atoms with E-state index >= 15 is 0 Å². The SMILES string of the molecule is CC(C)CNC(=O)c1ccc2c(c1)CCCN2C(=O)c1ccccc1F. The average molecular weight is 354 g/mol. The van der Waals surface area contributed by atoms with Crippen LogP contribution in [0, 0.1) is 11.7 Å². The summed E-state index contributed by atoms with van der Waals surface area (Å²) in [5, 5.41) is 2.90. The first-order valence-corrected chi connectivity index (χ1v) is 8.95. The molecule has 0 bridgehead atoms. The van der Waals surface area contributed by atoms with Crippen molar-refractivity contribution < 1.29 is 14.0 Å². The predicted octanol–water partition coefficient (Wildman–Crippen LogP) is 3.80. The molecule has 1 aliphatic rings. The number of hydrogen-bond donors (Lipinski definition) is 1. The number of fused-ring (bicyclic) bond motifs is 1. The average Bonchev–Trinajstić information content (AvgIpc) is 2.65. The Balaban J connectivity index is 1.85. The van der Waals surface area contributed by atoms with E-state index in [0.717, 1.165) is 24.1 Å². The molecule has 0 atom stereocenters. The van der Waals surface area contributed by atoms with Crippen molar-refractivity contribution >= 4 is 17.5 Å². The molecule has 0 fully saturated rings. The lowest BCUT2D eigenvalue weighted by Gasteiger charge is -2.30. The van der Waals surface area contributed by atoms with E-state index in [1.807, 2.05) is 19.9 Å². The molecule has 1 heterocycles. The van der Waals surface area contributed by atoms with Crippen LogP contribution in [0.15, 0.2) is 42.5 Å². The maximum Gasteiger partial charge on any atom is 0.261 e. The minimum Gasteiger partial charge on any atom is -0.352 e. The lowest BCUT2D eigenvalue weighted by atomic mass is 9.98. The van der Waals surface area contributed by atoms with Crippen molar-refractivity contribution in [2.75, 3.05) is 18.0 Å². The van der Waals surface area contributed by atoms with E-state index in [9.17, 15) is 14.0 Å². The van der Waals surface area contributed by atoms with Crippen LogP contribution in [0.3, 0.4) is 0 Å². The Morgan fingerprint density at radius 1 is 1.19 bits per heavy atom. The summed E-state index contributed by atoms with van der Waals surface area (Å²) in [6.07, 6.45) is 1.58. The number of rotatable bonds is 4. The normalized spacial score (nSPS) is 13.5. The molecule has 0 radical (unpaired) electrons. The van der Waals surface area contributed by atoms with Crippen molar-refractivity contribution in [2.45, 2.75) is 26.7 Å². The zero-order valence-electron chi connectivity index (χ0n) is 15.1. The van der Waals surface area contributed by atoms with Gasteiger partial charge in [-0.05, 0) is 54.7 Å². The van der Waals surface area contributed by atoms with E-state index in [2.05, 4.69) is 5.32 Å². The largest absolute Gasteiger partial charge is 0.352 e. The van der Waals surface area contributed by atoms with E-state index in [1.165, 1.54) is 12.1 Å². The molecule has 2 amide bonds. The van der Waals surface area contributed by atoms with Gasteiger partial charge in [0.2, 0.25) is 0 Å². The quantitative estimate of drug-likeness (QED) is 0.908. The minimum absolute atomic E-state index is 0.0686. The summed E-state index contributed by atoms with van der Waals surface area (Å²) in [4.78, 5) is 26.7. The van der Waals surface area contributed by atoms with Crippen molar-refractivity contribution in [3.63, 3.8) is 0 Å². The lowest BCUT2D eigenvalue weighted by molar-refractivity contribution is 0.0948. The molecule has 5 heteroatoms. The molecule has 1 N–H and O–H groups in total. The fraction of sp³-hybridized carbons (Fsp3) is 0.333. The van der Waals surface area contributed by atoms with E-state index < -0.39 is 5.82 Å². The molecular weight excluding hydrogens is 331 g/mol. The van der Waals surface area contributed by atoms with Gasteiger partial charge in [-0.25, -0.2) is 4.39 Å². The summed E-state index contributed by atoms with van der Waals surface area (Å²) < 4.78 is 14.0. The van der Waals surface area contributed by atoms with Crippen LogP contribution in [0.2, 0.25) is 0 Å². The predicted molar refractivity (Wildman–Crippen MR) is 100 cm³/mol. The maximum absolute atomic E-state index is 14.0. The number of anilines is 1. The van der Waals surface area contributed by atoms with Crippen LogP contribution in [0.25, 0.3) is 0 Å². The van der Waals surface area contributed by atoms with Gasteiger partial charge >= 0.3 is 0 Å². The molecule has 2 aromatic rings. The lowest BCUT2D eigenvalue weighted by Crippen LogP contribution is -2.36. The second kappa shape index (κ2) is 7.68. The smallest absolute Gasteiger partial charge is 0.261 e. The molecule has 0 unspecified atom stereocenters. The van der Waals surface area contributed by atoms with Crippen molar-refractivity contribution in [3.05, 3.63) is 65.0 Å². The van der Waals surface area contributed by atoms with Crippen LogP contribution in [-0.4, -0.2) is 24.9 Å². The van der Waals surface area contributed by atoms with Gasteiger partial charge in [0.15, 0.2) is 0 Å². The molecule has 3 rings (SSSR count). The van der Waals surface area contributed by atoms with Gasteiger partial charge in [-0.15, -0.1) is 0 Å². The van der Waals surface area contributed by atoms with Crippen molar-refractivity contribution in [2.24, 2.45) is 5.92 Å². The van der Waals surface area contributed by atoms with Gasteiger partial charge in [-0.2, -0.15) is 0 Å². The monoisotopic (exact) mass is 354 g/mol. The molecule has 2 aromatic carbocycles. The van der Waals surface area contributed by atoms with Gasteiger partial charge in [0.1, 0.15) is 5.82 Å². The fourth-order valence-electron chi connectivity index (χ4n) is 3.13. The van der Waals surface area contributed by atoms with Gasteiger partial charge in [0, 0.05) is 24.3 Å². The van der Waals surface area contributed by atoms with Gasteiger partial charge < -0.3 is 10.2 Å². The third-order valence-electron chi connectivity index (χ3n) is 4.48. The van der Waals surface area contributed by atoms with E-state index in [1.54, 1.807) is 29.2 Å². The third kappa shape index (κ3) is 3.77. The number of halogens is 1. The Morgan fingerprint density at radius 2 is 1.96 bits per heavy atom. The van der Waals surface area contributed by atoms with Crippen molar-refractivity contribution in [1.82, 2.24) is 5.32 Å². The van der Waals surface area contributed by atoms with E-state index in [4.69, 9.17) is 0 Å². The first kappa shape index (κ1) is 18.1. The number of benzene rings is 2. The van der Waals surface area contributed by atoms with Gasteiger partial charge in [-0.3, -0.25) is 9.59 Å². The van der Waals surface area contributed by atoms with Crippen LogP contribution in [0.1, 0.15) is 46.5 Å². The van der Waals surface area contributed by atoms with Crippen LogP contribution >= 0.6 is 0 Å². The number of hydrogen-bond acceptors (Lipinski definition) is 2. The Labute approximate surface area is 153 Å². The van der Waals surface area contributed by atoms with Crippen LogP contribution in [-0.2, 0) is 6.42 Å². The van der Waals surface area contributed by atoms with Crippen LogP contribution in [0.4, 0.5) is 10.1 Å². The molecule has 136 valence electrons. The topological polar surface area (TPSA) is 49.4 Å². The highest BCUT2D eigenvalue weighted by Crippen LogP contribution is 2.29. The summed E-state index contributed by atoms with van der Waals surface area (Å²) in [7, 11) is 0. The highest BCUT2D eigenvalue weighted by Gasteiger charge is 2.26. The summed E-state index contributed by atoms with van der Waals surface area (Å²) in [6, 6.07) is 11.4.